The van der Waals surface area contributed by atoms with E-state index in [2.05, 4.69) is 59.2 Å². The first-order chi connectivity index (χ1) is 15.8. The van der Waals surface area contributed by atoms with Gasteiger partial charge in [-0.05, 0) is 35.4 Å². The molecule has 32 heavy (non-hydrogen) atoms. The number of anilines is 2. The van der Waals surface area contributed by atoms with Crippen LogP contribution >= 0.6 is 0 Å². The van der Waals surface area contributed by atoms with Crippen molar-refractivity contribution in [2.45, 2.75) is 0 Å². The zero-order valence-electron chi connectivity index (χ0n) is 18.6. The first kappa shape index (κ1) is 26.1. The highest BCUT2D eigenvalue weighted by molar-refractivity contribution is 5.68. The van der Waals surface area contributed by atoms with Gasteiger partial charge in [0.2, 0.25) is 0 Å². The summed E-state index contributed by atoms with van der Waals surface area (Å²) >= 11 is 0. The summed E-state index contributed by atoms with van der Waals surface area (Å²) in [5, 5.41) is 23.9. The predicted molar refractivity (Wildman–Crippen MR) is 126 cm³/mol. The fourth-order valence-electron chi connectivity index (χ4n) is 2.87. The molecule has 0 fully saturated rings. The van der Waals surface area contributed by atoms with Crippen molar-refractivity contribution >= 4 is 11.4 Å². The molecule has 8 heteroatoms. The van der Waals surface area contributed by atoms with Crippen LogP contribution in [0, 0.1) is 0 Å². The van der Waals surface area contributed by atoms with Gasteiger partial charge in [0.15, 0.2) is 0 Å². The maximum atomic E-state index is 8.62. The molecule has 0 aliphatic heterocycles. The molecule has 0 atom stereocenters. The zero-order chi connectivity index (χ0) is 22.7. The van der Waals surface area contributed by atoms with Gasteiger partial charge in [-0.15, -0.1) is 0 Å². The van der Waals surface area contributed by atoms with E-state index in [1.807, 2.05) is 0 Å². The number of hydrogen-bond donors (Lipinski definition) is 4. The Morgan fingerprint density at radius 2 is 0.812 bits per heavy atom. The molecule has 2 aromatic carbocycles. The molecule has 0 aromatic heterocycles. The molecule has 0 aliphatic carbocycles. The average molecular weight is 449 g/mol. The number of hydrogen-bond acceptors (Lipinski definition) is 8. The predicted octanol–water partition coefficient (Wildman–Crippen LogP) is 2.23. The molecular weight excluding hydrogens is 412 g/mol. The summed E-state index contributed by atoms with van der Waals surface area (Å²) in [6, 6.07) is 16.6. The van der Waals surface area contributed by atoms with Crippen LogP contribution in [0.3, 0.4) is 0 Å². The van der Waals surface area contributed by atoms with E-state index in [1.54, 1.807) is 0 Å². The van der Waals surface area contributed by atoms with Gasteiger partial charge in [0, 0.05) is 24.5 Å². The summed E-state index contributed by atoms with van der Waals surface area (Å²) in [5.74, 6) is 0. The molecule has 0 bridgehead atoms. The average Bonchev–Trinajstić information content (AvgIpc) is 2.83. The van der Waals surface area contributed by atoms with E-state index < -0.39 is 0 Å². The number of aliphatic hydroxyl groups is 2. The quantitative estimate of drug-likeness (QED) is 0.243. The summed E-state index contributed by atoms with van der Waals surface area (Å²) in [5.41, 5.74) is 4.42. The highest BCUT2D eigenvalue weighted by atomic mass is 16.5. The molecule has 4 N–H and O–H groups in total. The molecule has 0 saturated heterocycles. The number of benzene rings is 2. The van der Waals surface area contributed by atoms with Gasteiger partial charge < -0.3 is 39.8 Å². The largest absolute Gasteiger partial charge is 0.394 e. The van der Waals surface area contributed by atoms with Crippen molar-refractivity contribution in [1.29, 1.82) is 0 Å². The molecule has 2 rings (SSSR count). The summed E-state index contributed by atoms with van der Waals surface area (Å²) in [4.78, 5) is 0. The van der Waals surface area contributed by atoms with Crippen molar-refractivity contribution < 1.29 is 29.2 Å². The molecule has 0 heterocycles. The highest BCUT2D eigenvalue weighted by Gasteiger charge is 2.00. The van der Waals surface area contributed by atoms with E-state index in [0.717, 1.165) is 35.6 Å². The van der Waals surface area contributed by atoms with Crippen molar-refractivity contribution in [1.82, 2.24) is 0 Å². The number of ether oxygens (including phenoxy) is 4. The van der Waals surface area contributed by atoms with Gasteiger partial charge in [-0.25, -0.2) is 0 Å². The minimum absolute atomic E-state index is 0.0400. The van der Waals surface area contributed by atoms with E-state index in [1.165, 1.54) is 0 Å². The van der Waals surface area contributed by atoms with E-state index >= 15 is 0 Å². The van der Waals surface area contributed by atoms with E-state index in [0.29, 0.717) is 52.9 Å². The van der Waals surface area contributed by atoms with Crippen LogP contribution in [0.4, 0.5) is 11.4 Å². The third-order valence-corrected chi connectivity index (χ3v) is 4.47. The zero-order valence-corrected chi connectivity index (χ0v) is 18.6. The third-order valence-electron chi connectivity index (χ3n) is 4.47. The highest BCUT2D eigenvalue weighted by Crippen LogP contribution is 2.23. The van der Waals surface area contributed by atoms with Crippen molar-refractivity contribution in [3.8, 4) is 11.1 Å². The first-order valence-electron chi connectivity index (χ1n) is 11.0. The minimum Gasteiger partial charge on any atom is -0.394 e. The Labute approximate surface area is 190 Å². The fourth-order valence-corrected chi connectivity index (χ4v) is 2.87. The van der Waals surface area contributed by atoms with Crippen LogP contribution in [0.1, 0.15) is 0 Å². The maximum Gasteiger partial charge on any atom is 0.0701 e. The summed E-state index contributed by atoms with van der Waals surface area (Å²) in [7, 11) is 0. The smallest absolute Gasteiger partial charge is 0.0701 e. The van der Waals surface area contributed by atoms with Gasteiger partial charge in [0.1, 0.15) is 0 Å². The molecule has 2 aromatic rings. The lowest BCUT2D eigenvalue weighted by atomic mass is 10.1. The van der Waals surface area contributed by atoms with Crippen LogP contribution in [0.2, 0.25) is 0 Å². The number of nitrogens with one attached hydrogen (secondary N) is 2. The molecule has 178 valence electrons. The molecule has 0 saturated carbocycles. The lowest BCUT2D eigenvalue weighted by molar-refractivity contribution is 0.0361. The van der Waals surface area contributed by atoms with Gasteiger partial charge in [-0.2, -0.15) is 0 Å². The lowest BCUT2D eigenvalue weighted by Gasteiger charge is -2.10. The van der Waals surface area contributed by atoms with Crippen molar-refractivity contribution in [3.63, 3.8) is 0 Å². The Bertz CT molecular complexity index is 635. The monoisotopic (exact) mass is 448 g/mol. The van der Waals surface area contributed by atoms with Gasteiger partial charge >= 0.3 is 0 Å². The van der Waals surface area contributed by atoms with Gasteiger partial charge in [-0.3, -0.25) is 0 Å². The van der Waals surface area contributed by atoms with Crippen LogP contribution in [-0.2, 0) is 18.9 Å². The Morgan fingerprint density at radius 3 is 1.16 bits per heavy atom. The van der Waals surface area contributed by atoms with Gasteiger partial charge in [0.25, 0.3) is 0 Å². The number of aliphatic hydroxyl groups excluding tert-OH is 2. The van der Waals surface area contributed by atoms with Gasteiger partial charge in [-0.1, -0.05) is 24.3 Å². The summed E-state index contributed by atoms with van der Waals surface area (Å²) in [6.45, 7) is 5.48. The summed E-state index contributed by atoms with van der Waals surface area (Å²) < 4.78 is 21.2. The Kier molecular flexibility index (Phi) is 14.1. The second-order valence-electron chi connectivity index (χ2n) is 6.90. The van der Waals surface area contributed by atoms with Crippen LogP contribution in [0.25, 0.3) is 11.1 Å². The molecule has 0 amide bonds. The second kappa shape index (κ2) is 17.4. The Balaban J connectivity index is 1.61. The van der Waals surface area contributed by atoms with Crippen LogP contribution in [-0.4, -0.2) is 89.4 Å². The van der Waals surface area contributed by atoms with Crippen molar-refractivity contribution in [3.05, 3.63) is 48.5 Å². The van der Waals surface area contributed by atoms with Crippen LogP contribution in [0.15, 0.2) is 48.5 Å². The topological polar surface area (TPSA) is 101 Å². The fraction of sp³-hybridized carbons (Fsp3) is 0.500. The second-order valence-corrected chi connectivity index (χ2v) is 6.90. The molecule has 0 spiro atoms. The number of rotatable bonds is 19. The Morgan fingerprint density at radius 1 is 0.469 bits per heavy atom. The first-order valence-corrected chi connectivity index (χ1v) is 11.0. The Hall–Kier alpha value is -2.20. The molecule has 0 radical (unpaired) electrons. The normalized spacial score (nSPS) is 10.9. The SMILES string of the molecule is OCCOCCOCCNc1ccc(-c2ccc(NCCOCCOCCO)cc2)cc1. The molecule has 0 aliphatic rings. The van der Waals surface area contributed by atoms with Crippen molar-refractivity contribution in [2.75, 3.05) is 89.8 Å². The standard InChI is InChI=1S/C24H36N2O6/c27-11-15-31-19-17-29-13-9-25-23-5-1-21(2-6-23)22-3-7-24(8-4-22)26-10-14-30-18-20-32-16-12-28/h1-8,25-28H,9-20H2. The van der Waals surface area contributed by atoms with Crippen molar-refractivity contribution in [2.24, 2.45) is 0 Å². The molecule has 8 nitrogen and oxygen atoms in total. The van der Waals surface area contributed by atoms with Crippen LogP contribution in [0.5, 0.6) is 0 Å². The van der Waals surface area contributed by atoms with Gasteiger partial charge in [0.05, 0.1) is 66.1 Å². The molecule has 0 unspecified atom stereocenters. The molecular formula is C24H36N2O6. The maximum absolute atomic E-state index is 8.62. The van der Waals surface area contributed by atoms with E-state index in [-0.39, 0.29) is 13.2 Å². The van der Waals surface area contributed by atoms with E-state index in [4.69, 9.17) is 29.2 Å². The van der Waals surface area contributed by atoms with Crippen LogP contribution < -0.4 is 10.6 Å². The van der Waals surface area contributed by atoms with E-state index in [9.17, 15) is 0 Å². The third kappa shape index (κ3) is 11.4. The lowest BCUT2D eigenvalue weighted by Crippen LogP contribution is -2.13. The summed E-state index contributed by atoms with van der Waals surface area (Å²) in [6.07, 6.45) is 0. The minimum atomic E-state index is 0.0400.